The number of rotatable bonds is 6. The second kappa shape index (κ2) is 24.8. The molecule has 1 aromatic rings. The minimum absolute atomic E-state index is 0.950. The van der Waals surface area contributed by atoms with Gasteiger partial charge in [-0.05, 0) is 24.5 Å². The van der Waals surface area contributed by atoms with Crippen LogP contribution in [0.4, 0.5) is 0 Å². The Hall–Kier alpha value is -2.15. The van der Waals surface area contributed by atoms with Crippen molar-refractivity contribution in [3.05, 3.63) is 86.0 Å². The van der Waals surface area contributed by atoms with Crippen LogP contribution in [0.3, 0.4) is 0 Å². The molecule has 1 aromatic carbocycles. The Balaban J connectivity index is -0.000000312. The van der Waals surface area contributed by atoms with Crippen LogP contribution in [0.1, 0.15) is 46.1 Å². The second-order valence-electron chi connectivity index (χ2n) is 4.08. The fourth-order valence-corrected chi connectivity index (χ4v) is 1.24. The molecule has 0 N–H and O–H groups in total. The number of aliphatic imine (C=N–C) groups is 1. The average molecular weight is 314 g/mol. The van der Waals surface area contributed by atoms with E-state index in [2.05, 4.69) is 50.4 Å². The quantitative estimate of drug-likeness (QED) is 0.231. The molecule has 0 saturated heterocycles. The Morgan fingerprint density at radius 1 is 1.13 bits per heavy atom. The molecule has 0 atom stereocenters. The predicted octanol–water partition coefficient (Wildman–Crippen LogP) is 7.04. The van der Waals surface area contributed by atoms with Gasteiger partial charge in [0.05, 0.1) is 0 Å². The fraction of sp³-hybridized carbons (Fsp3) is 0.318. The highest BCUT2D eigenvalue weighted by Gasteiger charge is 1.82. The van der Waals surface area contributed by atoms with E-state index < -0.39 is 0 Å². The first-order valence-corrected chi connectivity index (χ1v) is 8.23. The lowest BCUT2D eigenvalue weighted by atomic mass is 10.2. The van der Waals surface area contributed by atoms with Crippen molar-refractivity contribution in [2.75, 3.05) is 6.54 Å². The molecule has 128 valence electrons. The molecule has 0 radical (unpaired) electrons. The lowest BCUT2D eigenvalue weighted by Crippen LogP contribution is -1.83. The van der Waals surface area contributed by atoms with Crippen LogP contribution in [0.5, 0.6) is 0 Å². The third-order valence-electron chi connectivity index (χ3n) is 2.32. The minimum atomic E-state index is 0.950. The van der Waals surface area contributed by atoms with Crippen molar-refractivity contribution in [2.45, 2.75) is 40.5 Å². The molecule has 0 heterocycles. The fourth-order valence-electron chi connectivity index (χ4n) is 1.24. The molecular weight excluding hydrogens is 278 g/mol. The van der Waals surface area contributed by atoms with Crippen LogP contribution in [-0.2, 0) is 0 Å². The van der Waals surface area contributed by atoms with Crippen molar-refractivity contribution in [3.8, 4) is 0 Å². The van der Waals surface area contributed by atoms with Gasteiger partial charge in [-0.15, -0.1) is 13.2 Å². The van der Waals surface area contributed by atoms with Gasteiger partial charge in [0, 0.05) is 12.8 Å². The Morgan fingerprint density at radius 3 is 2.09 bits per heavy atom. The van der Waals surface area contributed by atoms with Crippen LogP contribution in [-0.4, -0.2) is 12.8 Å². The van der Waals surface area contributed by atoms with E-state index in [1.165, 1.54) is 18.4 Å². The molecule has 23 heavy (non-hydrogen) atoms. The van der Waals surface area contributed by atoms with Gasteiger partial charge in [-0.3, -0.25) is 4.99 Å². The second-order valence-corrected chi connectivity index (χ2v) is 4.08. The van der Waals surface area contributed by atoms with Crippen molar-refractivity contribution in [3.63, 3.8) is 0 Å². The molecule has 0 aliphatic heterocycles. The SMILES string of the molecule is C=C.C=CC(=C)/C=C\C.CC.CCCCN=Cc1ccccc1. The zero-order valence-corrected chi connectivity index (χ0v) is 15.6. The van der Waals surface area contributed by atoms with Gasteiger partial charge in [-0.2, -0.15) is 0 Å². The van der Waals surface area contributed by atoms with Crippen molar-refractivity contribution in [2.24, 2.45) is 4.99 Å². The highest BCUT2D eigenvalue weighted by atomic mass is 14.7. The lowest BCUT2D eigenvalue weighted by Gasteiger charge is -1.91. The van der Waals surface area contributed by atoms with Crippen molar-refractivity contribution < 1.29 is 0 Å². The van der Waals surface area contributed by atoms with Crippen LogP contribution in [0.25, 0.3) is 0 Å². The van der Waals surface area contributed by atoms with Gasteiger partial charge in [0.2, 0.25) is 0 Å². The van der Waals surface area contributed by atoms with Gasteiger partial charge < -0.3 is 0 Å². The standard InChI is InChI=1S/C11H15N.C7H10.C2H6.C2H4/c1-2-3-9-12-10-11-7-5-4-6-8-11;1-4-6-7(3)5-2;2*1-2/h4-8,10H,2-3,9H2,1H3;4-6H,2-3H2,1H3;1-2H3;1-2H2/b;6-4-;;. The van der Waals surface area contributed by atoms with E-state index in [-0.39, 0.29) is 0 Å². The van der Waals surface area contributed by atoms with Gasteiger partial charge in [-0.1, -0.05) is 88.9 Å². The Kier molecular flexibility index (Phi) is 27.8. The molecule has 0 fully saturated rings. The normalized spacial score (nSPS) is 8.87. The molecule has 1 rings (SSSR count). The first kappa shape index (κ1) is 25.8. The summed E-state index contributed by atoms with van der Waals surface area (Å²) in [5.41, 5.74) is 2.15. The summed E-state index contributed by atoms with van der Waals surface area (Å²) in [6.07, 6.45) is 9.90. The summed E-state index contributed by atoms with van der Waals surface area (Å²) in [6, 6.07) is 10.2. The number of nitrogens with zero attached hydrogens (tertiary/aromatic N) is 1. The number of benzene rings is 1. The molecule has 0 spiro atoms. The Morgan fingerprint density at radius 2 is 1.70 bits per heavy atom. The molecule has 0 aliphatic carbocycles. The maximum atomic E-state index is 4.31. The summed E-state index contributed by atoms with van der Waals surface area (Å²) in [5, 5.41) is 0. The molecule has 1 nitrogen and oxygen atoms in total. The molecule has 0 unspecified atom stereocenters. The summed E-state index contributed by atoms with van der Waals surface area (Å²) in [5.74, 6) is 0. The number of allylic oxidation sites excluding steroid dienone is 4. The van der Waals surface area contributed by atoms with E-state index in [9.17, 15) is 0 Å². The number of hydrogen-bond acceptors (Lipinski definition) is 1. The van der Waals surface area contributed by atoms with Crippen molar-refractivity contribution in [1.29, 1.82) is 0 Å². The smallest absolute Gasteiger partial charge is 0.0389 e. The number of hydrogen-bond donors (Lipinski definition) is 0. The molecule has 0 bridgehead atoms. The van der Waals surface area contributed by atoms with E-state index >= 15 is 0 Å². The summed E-state index contributed by atoms with van der Waals surface area (Å²) >= 11 is 0. The minimum Gasteiger partial charge on any atom is -0.293 e. The van der Waals surface area contributed by atoms with Crippen LogP contribution in [0, 0.1) is 0 Å². The molecule has 0 saturated carbocycles. The maximum Gasteiger partial charge on any atom is 0.0389 e. The van der Waals surface area contributed by atoms with E-state index in [1.807, 2.05) is 57.3 Å². The van der Waals surface area contributed by atoms with Gasteiger partial charge in [0.1, 0.15) is 0 Å². The lowest BCUT2D eigenvalue weighted by molar-refractivity contribution is 0.810. The molecule has 0 aliphatic rings. The summed E-state index contributed by atoms with van der Waals surface area (Å²) < 4.78 is 0. The van der Waals surface area contributed by atoms with E-state index in [1.54, 1.807) is 6.08 Å². The van der Waals surface area contributed by atoms with Crippen LogP contribution < -0.4 is 0 Å². The highest BCUT2D eigenvalue weighted by molar-refractivity contribution is 5.79. The van der Waals surface area contributed by atoms with Gasteiger partial charge in [0.15, 0.2) is 0 Å². The zero-order valence-electron chi connectivity index (χ0n) is 15.6. The molecule has 0 amide bonds. The zero-order chi connectivity index (χ0) is 18.3. The predicted molar refractivity (Wildman–Crippen MR) is 111 cm³/mol. The largest absolute Gasteiger partial charge is 0.293 e. The highest BCUT2D eigenvalue weighted by Crippen LogP contribution is 1.94. The van der Waals surface area contributed by atoms with Crippen LogP contribution in [0.15, 0.2) is 85.4 Å². The van der Waals surface area contributed by atoms with E-state index in [0.717, 1.165) is 12.1 Å². The first-order chi connectivity index (χ1) is 11.2. The monoisotopic (exact) mass is 313 g/mol. The summed E-state index contributed by atoms with van der Waals surface area (Å²) in [4.78, 5) is 4.31. The van der Waals surface area contributed by atoms with Gasteiger partial charge in [0.25, 0.3) is 0 Å². The van der Waals surface area contributed by atoms with Crippen molar-refractivity contribution >= 4 is 6.21 Å². The van der Waals surface area contributed by atoms with Crippen LogP contribution >= 0.6 is 0 Å². The molecule has 1 heteroatoms. The third-order valence-corrected chi connectivity index (χ3v) is 2.32. The average Bonchev–Trinajstić information content (AvgIpc) is 2.64. The number of unbranched alkanes of at least 4 members (excludes halogenated alkanes) is 1. The van der Waals surface area contributed by atoms with Crippen molar-refractivity contribution in [1.82, 2.24) is 0 Å². The topological polar surface area (TPSA) is 12.4 Å². The molecule has 0 aromatic heterocycles. The van der Waals surface area contributed by atoms with Gasteiger partial charge in [-0.25, -0.2) is 0 Å². The first-order valence-electron chi connectivity index (χ1n) is 8.23. The Bertz CT molecular complexity index is 413. The van der Waals surface area contributed by atoms with E-state index in [4.69, 9.17) is 0 Å². The van der Waals surface area contributed by atoms with Gasteiger partial charge >= 0.3 is 0 Å². The maximum absolute atomic E-state index is 4.31. The van der Waals surface area contributed by atoms with E-state index in [0.29, 0.717) is 0 Å². The van der Waals surface area contributed by atoms with Crippen LogP contribution in [0.2, 0.25) is 0 Å². The third kappa shape index (κ3) is 22.3. The Labute approximate surface area is 144 Å². The summed E-state index contributed by atoms with van der Waals surface area (Å²) in [6.45, 7) is 22.3. The molecular formula is C22H35N. The summed E-state index contributed by atoms with van der Waals surface area (Å²) in [7, 11) is 0.